The van der Waals surface area contributed by atoms with Gasteiger partial charge in [-0.15, -0.1) is 4.91 Å². The van der Waals surface area contributed by atoms with E-state index in [4.69, 9.17) is 4.91 Å². The molecule has 0 aromatic rings. The van der Waals surface area contributed by atoms with E-state index in [1.807, 2.05) is 5.34 Å². The zero-order valence-corrected chi connectivity index (χ0v) is 2.67. The topological polar surface area (TPSA) is 67.2 Å². The van der Waals surface area contributed by atoms with Gasteiger partial charge in [0.15, 0.2) is 5.34 Å². The molecule has 5 heavy (non-hydrogen) atoms. The number of hydrogen-bond acceptors (Lipinski definition) is 3. The fourth-order valence-electron chi connectivity index (χ4n) is 0. The van der Waals surface area contributed by atoms with Crippen LogP contribution in [0.1, 0.15) is 0 Å². The van der Waals surface area contributed by atoms with Crippen molar-refractivity contribution in [2.24, 2.45) is 5.34 Å². The highest BCUT2D eigenvalue weighted by Gasteiger charge is 1.44. The molecular weight excluding hydrogens is 74.0 g/mol. The molecule has 0 aromatic heterocycles. The Kier molecular flexibility index (Phi) is 17.9. The minimum atomic E-state index is 0. The fourth-order valence-corrected chi connectivity index (χ4v) is 0. The van der Waals surface area contributed by atoms with E-state index in [2.05, 4.69) is 4.84 Å². The standard InChI is InChI=1S/CH3NO2.O/c1-4-2-3;/h1H3;. The van der Waals surface area contributed by atoms with Crippen molar-refractivity contribution in [2.45, 2.75) is 0 Å². The summed E-state index contributed by atoms with van der Waals surface area (Å²) < 4.78 is 0. The largest absolute Gasteiger partial charge is 0.367 e. The third-order valence-electron chi connectivity index (χ3n) is 0.0745. The lowest BCUT2D eigenvalue weighted by Crippen LogP contribution is -1.53. The highest BCUT2D eigenvalue weighted by Crippen LogP contribution is 1.52. The first-order chi connectivity index (χ1) is 1.91. The van der Waals surface area contributed by atoms with Crippen LogP contribution < -0.4 is 0 Å². The van der Waals surface area contributed by atoms with Gasteiger partial charge in [-0.3, -0.25) is 0 Å². The van der Waals surface area contributed by atoms with Crippen molar-refractivity contribution in [3.05, 3.63) is 4.91 Å². The lowest BCUT2D eigenvalue weighted by Gasteiger charge is -1.63. The van der Waals surface area contributed by atoms with Gasteiger partial charge in [-0.05, 0) is 0 Å². The van der Waals surface area contributed by atoms with E-state index in [1.165, 1.54) is 7.11 Å². The summed E-state index contributed by atoms with van der Waals surface area (Å²) in [6.07, 6.45) is 0. The molecule has 0 N–H and O–H groups in total. The molecule has 0 aliphatic carbocycles. The van der Waals surface area contributed by atoms with Crippen LogP contribution in [0.2, 0.25) is 0 Å². The van der Waals surface area contributed by atoms with Crippen LogP contribution in [0.4, 0.5) is 0 Å². The Bertz CT molecular complexity index is 20.9. The van der Waals surface area contributed by atoms with Crippen LogP contribution in [0.25, 0.3) is 0 Å². The summed E-state index contributed by atoms with van der Waals surface area (Å²) in [4.78, 5) is 12.3. The van der Waals surface area contributed by atoms with E-state index in [0.29, 0.717) is 0 Å². The summed E-state index contributed by atoms with van der Waals surface area (Å²) >= 11 is 0. The van der Waals surface area contributed by atoms with Gasteiger partial charge in [0.05, 0.1) is 0 Å². The number of hydrogen-bond donors (Lipinski definition) is 0. The smallest absolute Gasteiger partial charge is 0.154 e. The van der Waals surface area contributed by atoms with Crippen molar-refractivity contribution in [1.29, 1.82) is 0 Å². The molecule has 4 heteroatoms. The van der Waals surface area contributed by atoms with Crippen LogP contribution in [-0.2, 0) is 10.3 Å². The molecule has 30 valence electrons. The Hall–Kier alpha value is -0.640. The zero-order valence-electron chi connectivity index (χ0n) is 2.67. The van der Waals surface area contributed by atoms with Crippen LogP contribution >= 0.6 is 0 Å². The first kappa shape index (κ1) is 8.84. The van der Waals surface area contributed by atoms with Gasteiger partial charge in [0, 0.05) is 5.48 Å². The summed E-state index contributed by atoms with van der Waals surface area (Å²) in [7, 11) is 1.20. The molecule has 0 saturated carbocycles. The van der Waals surface area contributed by atoms with Gasteiger partial charge in [0.25, 0.3) is 0 Å². The van der Waals surface area contributed by atoms with Gasteiger partial charge in [0.1, 0.15) is 7.11 Å². The van der Waals surface area contributed by atoms with Gasteiger partial charge >= 0.3 is 0 Å². The highest BCUT2D eigenvalue weighted by atomic mass is 16.7. The van der Waals surface area contributed by atoms with E-state index >= 15 is 0 Å². The average molecular weight is 77.0 g/mol. The molecule has 4 nitrogen and oxygen atoms in total. The fraction of sp³-hybridized carbons (Fsp3) is 1.00. The second-order valence-corrected chi connectivity index (χ2v) is 0.257. The van der Waals surface area contributed by atoms with E-state index in [0.717, 1.165) is 0 Å². The molecule has 0 aromatic carbocycles. The molecule has 0 bridgehead atoms. The van der Waals surface area contributed by atoms with Crippen molar-refractivity contribution in [3.63, 3.8) is 0 Å². The van der Waals surface area contributed by atoms with E-state index in [1.54, 1.807) is 0 Å². The molecule has 0 aliphatic rings. The molecule has 0 amide bonds. The van der Waals surface area contributed by atoms with Crippen molar-refractivity contribution in [2.75, 3.05) is 7.11 Å². The van der Waals surface area contributed by atoms with Crippen LogP contribution in [0.5, 0.6) is 0 Å². The minimum Gasteiger partial charge on any atom is -0.367 e. The summed E-state index contributed by atoms with van der Waals surface area (Å²) in [5.74, 6) is 0. The molecule has 0 aliphatic heterocycles. The Morgan fingerprint density at radius 1 is 1.80 bits per heavy atom. The molecule has 2 radical (unpaired) electrons. The third kappa shape index (κ3) is 48.0. The van der Waals surface area contributed by atoms with Gasteiger partial charge in [-0.25, -0.2) is 0 Å². The third-order valence-corrected chi connectivity index (χ3v) is 0.0745. The molecule has 0 spiro atoms. The summed E-state index contributed by atoms with van der Waals surface area (Å²) in [5.41, 5.74) is 0. The number of rotatable bonds is 1. The maximum atomic E-state index is 8.70. The van der Waals surface area contributed by atoms with Crippen LogP contribution in [0, 0.1) is 4.91 Å². The Labute approximate surface area is 29.0 Å². The summed E-state index contributed by atoms with van der Waals surface area (Å²) in [6, 6.07) is 0. The maximum Gasteiger partial charge on any atom is 0.154 e. The van der Waals surface area contributed by atoms with Gasteiger partial charge < -0.3 is 4.84 Å². The van der Waals surface area contributed by atoms with Gasteiger partial charge in [-0.1, -0.05) is 0 Å². The first-order valence-corrected chi connectivity index (χ1v) is 0.773. The van der Waals surface area contributed by atoms with E-state index in [-0.39, 0.29) is 5.48 Å². The van der Waals surface area contributed by atoms with Crippen molar-refractivity contribution < 1.29 is 10.3 Å². The Morgan fingerprint density at radius 2 is 2.00 bits per heavy atom. The predicted octanol–water partition coefficient (Wildman–Crippen LogP) is 0.195. The van der Waals surface area contributed by atoms with Crippen molar-refractivity contribution >= 4 is 0 Å². The van der Waals surface area contributed by atoms with Crippen LogP contribution in [0.3, 0.4) is 0 Å². The summed E-state index contributed by atoms with van der Waals surface area (Å²) in [6.45, 7) is 0. The van der Waals surface area contributed by atoms with E-state index < -0.39 is 0 Å². The molecule has 0 saturated heterocycles. The van der Waals surface area contributed by atoms with Gasteiger partial charge in [-0.2, -0.15) is 0 Å². The second-order valence-electron chi connectivity index (χ2n) is 0.257. The normalized spacial score (nSPS) is 4.20. The Morgan fingerprint density at radius 3 is 2.00 bits per heavy atom. The average Bonchev–Trinajstić information content (AvgIpc) is 1.37. The van der Waals surface area contributed by atoms with E-state index in [9.17, 15) is 0 Å². The molecule has 0 fully saturated rings. The molecule has 0 atom stereocenters. The lowest BCUT2D eigenvalue weighted by molar-refractivity contribution is 0.208. The minimum absolute atomic E-state index is 0. The number of nitrogens with zero attached hydrogens (tertiary/aromatic N) is 1. The SMILES string of the molecule is CON=O.[O]. The maximum absolute atomic E-state index is 8.70. The van der Waals surface area contributed by atoms with Crippen LogP contribution in [-0.4, -0.2) is 7.11 Å². The predicted molar refractivity (Wildman–Crippen MR) is 13.5 cm³/mol. The second kappa shape index (κ2) is 10.1. The van der Waals surface area contributed by atoms with Crippen LogP contribution in [0.15, 0.2) is 5.34 Å². The molecular formula is CH3NO3. The van der Waals surface area contributed by atoms with Crippen molar-refractivity contribution in [3.8, 4) is 0 Å². The molecule has 0 rings (SSSR count). The van der Waals surface area contributed by atoms with Crippen molar-refractivity contribution in [1.82, 2.24) is 0 Å². The lowest BCUT2D eigenvalue weighted by atomic mass is 11.7. The monoisotopic (exact) mass is 77.0 g/mol. The highest BCUT2D eigenvalue weighted by molar-refractivity contribution is 3.90. The quantitative estimate of drug-likeness (QED) is 0.331. The first-order valence-electron chi connectivity index (χ1n) is 0.773. The molecule has 0 unspecified atom stereocenters. The molecule has 0 heterocycles. The Balaban J connectivity index is 0. The summed E-state index contributed by atoms with van der Waals surface area (Å²) in [5, 5.41) is 1.99. The zero-order chi connectivity index (χ0) is 3.41. The van der Waals surface area contributed by atoms with Gasteiger partial charge in [0.2, 0.25) is 0 Å².